The van der Waals surface area contributed by atoms with Crippen molar-refractivity contribution < 1.29 is 33.6 Å². The number of fused-ring (bicyclic) bond motifs is 1. The van der Waals surface area contributed by atoms with E-state index in [-0.39, 0.29) is 30.1 Å². The summed E-state index contributed by atoms with van der Waals surface area (Å²) in [6.07, 6.45) is 1.74. The number of methoxy groups -OCH3 is 1. The van der Waals surface area contributed by atoms with Crippen LogP contribution in [0.4, 0.5) is 0 Å². The molecule has 4 rings (SSSR count). The predicted molar refractivity (Wildman–Crippen MR) is 169 cm³/mol. The zero-order valence-corrected chi connectivity index (χ0v) is 27.7. The van der Waals surface area contributed by atoms with E-state index in [0.29, 0.717) is 45.8 Å². The molecule has 0 spiro atoms. The van der Waals surface area contributed by atoms with Gasteiger partial charge < -0.3 is 24.1 Å². The van der Waals surface area contributed by atoms with Gasteiger partial charge in [0.1, 0.15) is 5.75 Å². The molecule has 3 aromatic rings. The number of phenolic OH excluding ortho intramolecular Hbond substituents is 1. The van der Waals surface area contributed by atoms with Gasteiger partial charge in [0, 0.05) is 0 Å². The van der Waals surface area contributed by atoms with Crippen LogP contribution in [-0.2, 0) is 19.1 Å². The largest absolute Gasteiger partial charge is 0.506 e. The summed E-state index contributed by atoms with van der Waals surface area (Å²) in [6, 6.07) is 7.72. The average Bonchev–Trinajstić information content (AvgIpc) is 3.24. The fourth-order valence-electron chi connectivity index (χ4n) is 4.20. The van der Waals surface area contributed by atoms with Gasteiger partial charge in [-0.1, -0.05) is 17.4 Å². The zero-order valence-electron chi connectivity index (χ0n) is 22.5. The minimum absolute atomic E-state index is 0.148. The van der Waals surface area contributed by atoms with Crippen LogP contribution >= 0.6 is 56.5 Å². The van der Waals surface area contributed by atoms with E-state index in [4.69, 9.17) is 14.2 Å². The number of esters is 2. The average molecular weight is 804 g/mol. The number of carbonyl (C=O) groups excluding carboxylic acids is 2. The van der Waals surface area contributed by atoms with E-state index in [2.05, 4.69) is 9.73 Å². The van der Waals surface area contributed by atoms with Gasteiger partial charge in [-0.2, -0.15) is 0 Å². The first-order valence-electron chi connectivity index (χ1n) is 12.4. The van der Waals surface area contributed by atoms with Gasteiger partial charge in [-0.15, -0.1) is 0 Å². The highest BCUT2D eigenvalue weighted by Gasteiger charge is 2.34. The number of halogens is 2. The first kappa shape index (κ1) is 31.0. The van der Waals surface area contributed by atoms with Gasteiger partial charge in [0.05, 0.1) is 49.3 Å². The monoisotopic (exact) mass is 804 g/mol. The molecule has 1 atom stereocenters. The fraction of sp³-hybridized carbons (Fsp3) is 0.286. The van der Waals surface area contributed by atoms with Crippen molar-refractivity contribution in [2.45, 2.75) is 26.8 Å². The zero-order chi connectivity index (χ0) is 29.8. The molecule has 1 aromatic heterocycles. The van der Waals surface area contributed by atoms with E-state index in [1.807, 2.05) is 45.2 Å². The first-order valence-corrected chi connectivity index (χ1v) is 15.4. The Hall–Kier alpha value is -2.92. The molecule has 2 heterocycles. The molecule has 1 aliphatic rings. The third-order valence-corrected chi connectivity index (χ3v) is 8.64. The lowest BCUT2D eigenvalue weighted by Gasteiger charge is -2.25. The summed E-state index contributed by atoms with van der Waals surface area (Å²) in [6.45, 7) is 5.37. The number of phenols is 1. The molecular formula is C28H26I2N2O8S. The molecule has 41 heavy (non-hydrogen) atoms. The standard InChI is InChI=1S/C28H26I2N2O8S/c1-5-38-20-12-16(7-8-19(20)40-13-22(33)37-4)24-23(27(36)39-6-2)14(3)31-28-32(24)26(35)21(41-28)11-15-9-17(29)25(34)18(30)10-15/h7-12,24,34H,5-6,13H2,1-4H3/b21-11-/t24-/m0/s1. The molecule has 10 nitrogen and oxygen atoms in total. The Balaban J connectivity index is 1.91. The number of rotatable bonds is 9. The molecule has 0 saturated heterocycles. The lowest BCUT2D eigenvalue weighted by molar-refractivity contribution is -0.143. The maximum absolute atomic E-state index is 13.9. The number of hydrogen-bond acceptors (Lipinski definition) is 10. The van der Waals surface area contributed by atoms with E-state index < -0.39 is 18.0 Å². The Morgan fingerprint density at radius 3 is 2.44 bits per heavy atom. The number of benzene rings is 2. The van der Waals surface area contributed by atoms with Crippen molar-refractivity contribution in [2.24, 2.45) is 4.99 Å². The smallest absolute Gasteiger partial charge is 0.343 e. The van der Waals surface area contributed by atoms with Gasteiger partial charge in [-0.05, 0) is 107 Å². The molecule has 1 aliphatic heterocycles. The quantitative estimate of drug-likeness (QED) is 0.257. The number of nitrogens with zero attached hydrogens (tertiary/aromatic N) is 2. The van der Waals surface area contributed by atoms with Crippen LogP contribution in [0.25, 0.3) is 6.08 Å². The van der Waals surface area contributed by atoms with Crippen molar-refractivity contribution in [3.63, 3.8) is 0 Å². The van der Waals surface area contributed by atoms with Gasteiger partial charge in [0.2, 0.25) is 0 Å². The Bertz CT molecular complexity index is 1700. The minimum Gasteiger partial charge on any atom is -0.506 e. The van der Waals surface area contributed by atoms with Crippen LogP contribution in [0.3, 0.4) is 0 Å². The molecule has 0 bridgehead atoms. The lowest BCUT2D eigenvalue weighted by Crippen LogP contribution is -2.40. The van der Waals surface area contributed by atoms with Crippen molar-refractivity contribution in [3.8, 4) is 17.2 Å². The molecular weight excluding hydrogens is 778 g/mol. The highest BCUT2D eigenvalue weighted by Crippen LogP contribution is 2.36. The van der Waals surface area contributed by atoms with Gasteiger partial charge in [-0.25, -0.2) is 14.6 Å². The summed E-state index contributed by atoms with van der Waals surface area (Å²) in [5, 5.41) is 10.2. The Morgan fingerprint density at radius 2 is 1.80 bits per heavy atom. The number of aromatic nitrogens is 1. The second kappa shape index (κ2) is 13.4. The highest BCUT2D eigenvalue weighted by molar-refractivity contribution is 14.1. The second-order valence-corrected chi connectivity index (χ2v) is 12.0. The van der Waals surface area contributed by atoms with Crippen LogP contribution in [0.15, 0.2) is 51.4 Å². The van der Waals surface area contributed by atoms with Gasteiger partial charge in [-0.3, -0.25) is 9.36 Å². The second-order valence-electron chi connectivity index (χ2n) is 8.64. The van der Waals surface area contributed by atoms with Gasteiger partial charge in [0.25, 0.3) is 5.56 Å². The maximum atomic E-state index is 13.9. The molecule has 0 aliphatic carbocycles. The molecule has 216 valence electrons. The van der Waals surface area contributed by atoms with Gasteiger partial charge >= 0.3 is 11.9 Å². The van der Waals surface area contributed by atoms with Crippen LogP contribution in [0.5, 0.6) is 17.2 Å². The summed E-state index contributed by atoms with van der Waals surface area (Å²) < 4.78 is 24.6. The van der Waals surface area contributed by atoms with Crippen LogP contribution < -0.4 is 24.4 Å². The summed E-state index contributed by atoms with van der Waals surface area (Å²) in [7, 11) is 1.27. The van der Waals surface area contributed by atoms with E-state index in [1.165, 1.54) is 23.0 Å². The lowest BCUT2D eigenvalue weighted by atomic mass is 9.95. The molecule has 0 saturated carbocycles. The summed E-state index contributed by atoms with van der Waals surface area (Å²) >= 11 is 5.28. The van der Waals surface area contributed by atoms with E-state index in [1.54, 1.807) is 57.2 Å². The van der Waals surface area contributed by atoms with E-state index in [9.17, 15) is 19.5 Å². The molecule has 0 amide bonds. The molecule has 0 radical (unpaired) electrons. The van der Waals surface area contributed by atoms with Crippen molar-refractivity contribution in [1.29, 1.82) is 0 Å². The fourth-order valence-corrected chi connectivity index (χ4v) is 7.07. The Morgan fingerprint density at radius 1 is 1.10 bits per heavy atom. The van der Waals surface area contributed by atoms with Crippen LogP contribution in [-0.4, -0.2) is 48.5 Å². The molecule has 0 fully saturated rings. The number of allylic oxidation sites excluding steroid dienone is 1. The third-order valence-electron chi connectivity index (χ3n) is 6.01. The van der Waals surface area contributed by atoms with Crippen molar-refractivity contribution in [2.75, 3.05) is 26.9 Å². The van der Waals surface area contributed by atoms with Crippen LogP contribution in [0.2, 0.25) is 0 Å². The number of hydrogen-bond donors (Lipinski definition) is 1. The summed E-state index contributed by atoms with van der Waals surface area (Å²) in [4.78, 5) is 43.8. The Kier molecular flexibility index (Phi) is 10.1. The van der Waals surface area contributed by atoms with Crippen molar-refractivity contribution in [3.05, 3.63) is 79.6 Å². The predicted octanol–water partition coefficient (Wildman–Crippen LogP) is 3.66. The van der Waals surface area contributed by atoms with Crippen molar-refractivity contribution >= 4 is 74.5 Å². The molecule has 13 heteroatoms. The van der Waals surface area contributed by atoms with E-state index >= 15 is 0 Å². The third kappa shape index (κ3) is 6.61. The normalized spacial score (nSPS) is 14.8. The summed E-state index contributed by atoms with van der Waals surface area (Å²) in [5.41, 5.74) is 1.63. The number of thiazole rings is 1. The molecule has 1 N–H and O–H groups in total. The number of ether oxygens (including phenoxy) is 4. The topological polar surface area (TPSA) is 126 Å². The number of carbonyl (C=O) groups is 2. The molecule has 0 unspecified atom stereocenters. The maximum Gasteiger partial charge on any atom is 0.343 e. The van der Waals surface area contributed by atoms with Crippen LogP contribution in [0, 0.1) is 7.14 Å². The van der Waals surface area contributed by atoms with E-state index in [0.717, 1.165) is 5.56 Å². The summed E-state index contributed by atoms with van der Waals surface area (Å²) in [5.74, 6) is -0.307. The SMILES string of the molecule is CCOC(=O)C1=C(C)N=c2s/c(=C\c3cc(I)c(O)c(I)c3)c(=O)n2[C@H]1c1ccc(OCC(=O)OC)c(OCC)c1. The number of aromatic hydroxyl groups is 1. The highest BCUT2D eigenvalue weighted by atomic mass is 127. The van der Waals surface area contributed by atoms with Gasteiger partial charge in [0.15, 0.2) is 22.9 Å². The Labute approximate surface area is 266 Å². The van der Waals surface area contributed by atoms with Crippen molar-refractivity contribution in [1.82, 2.24) is 4.57 Å². The minimum atomic E-state index is -0.860. The first-order chi connectivity index (χ1) is 19.6. The molecule has 2 aromatic carbocycles. The van der Waals surface area contributed by atoms with Crippen LogP contribution in [0.1, 0.15) is 37.9 Å².